The molecule has 0 bridgehead atoms. The van der Waals surface area contributed by atoms with E-state index < -0.39 is 0 Å². The van der Waals surface area contributed by atoms with Crippen LogP contribution in [0, 0.1) is 0 Å². The molecule has 5 nitrogen and oxygen atoms in total. The molecule has 0 saturated carbocycles. The van der Waals surface area contributed by atoms with Crippen LogP contribution < -0.4 is 5.43 Å². The lowest BCUT2D eigenvalue weighted by Crippen LogP contribution is -2.37. The van der Waals surface area contributed by atoms with Gasteiger partial charge in [0.2, 0.25) is 5.91 Å². The molecule has 21 heavy (non-hydrogen) atoms. The van der Waals surface area contributed by atoms with Gasteiger partial charge in [0.05, 0.1) is 0 Å². The minimum atomic E-state index is -0.140. The molecule has 0 unspecified atom stereocenters. The first-order chi connectivity index (χ1) is 9.97. The SMILES string of the molecule is CC(C)c1ccc(CN(C)C(=O)C2=NNC(=O)CC2)cc1. The van der Waals surface area contributed by atoms with Crippen LogP contribution in [0.15, 0.2) is 29.4 Å². The minimum Gasteiger partial charge on any atom is -0.336 e. The lowest BCUT2D eigenvalue weighted by Gasteiger charge is -2.20. The molecule has 1 aliphatic rings. The molecular weight excluding hydrogens is 266 g/mol. The maximum absolute atomic E-state index is 12.2. The van der Waals surface area contributed by atoms with Gasteiger partial charge in [0.15, 0.2) is 0 Å². The second-order valence-corrected chi connectivity index (χ2v) is 5.65. The van der Waals surface area contributed by atoms with E-state index in [2.05, 4.69) is 36.5 Å². The number of carbonyl (C=O) groups excluding carboxylic acids is 2. The number of hydrogen-bond acceptors (Lipinski definition) is 3. The van der Waals surface area contributed by atoms with E-state index >= 15 is 0 Å². The Kier molecular flexibility index (Phi) is 4.73. The average molecular weight is 287 g/mol. The molecule has 1 aromatic carbocycles. The highest BCUT2D eigenvalue weighted by atomic mass is 16.2. The second-order valence-electron chi connectivity index (χ2n) is 5.65. The van der Waals surface area contributed by atoms with Crippen molar-refractivity contribution in [3.05, 3.63) is 35.4 Å². The smallest absolute Gasteiger partial charge is 0.270 e. The minimum absolute atomic E-state index is 0.136. The Hall–Kier alpha value is -2.17. The van der Waals surface area contributed by atoms with Crippen molar-refractivity contribution in [2.75, 3.05) is 7.05 Å². The van der Waals surface area contributed by atoms with Crippen molar-refractivity contribution in [1.29, 1.82) is 0 Å². The van der Waals surface area contributed by atoms with Crippen molar-refractivity contribution in [3.8, 4) is 0 Å². The van der Waals surface area contributed by atoms with Crippen molar-refractivity contribution >= 4 is 17.5 Å². The third-order valence-corrected chi connectivity index (χ3v) is 3.56. The zero-order chi connectivity index (χ0) is 15.4. The fourth-order valence-electron chi connectivity index (χ4n) is 2.20. The van der Waals surface area contributed by atoms with E-state index in [-0.39, 0.29) is 11.8 Å². The molecule has 5 heteroatoms. The van der Waals surface area contributed by atoms with Crippen LogP contribution in [0.1, 0.15) is 43.7 Å². The van der Waals surface area contributed by atoms with Gasteiger partial charge in [-0.15, -0.1) is 0 Å². The molecule has 0 aromatic heterocycles. The maximum Gasteiger partial charge on any atom is 0.270 e. The van der Waals surface area contributed by atoms with Crippen molar-refractivity contribution in [2.45, 2.75) is 39.2 Å². The molecule has 0 spiro atoms. The highest BCUT2D eigenvalue weighted by Crippen LogP contribution is 2.15. The van der Waals surface area contributed by atoms with Crippen molar-refractivity contribution in [1.82, 2.24) is 10.3 Å². The average Bonchev–Trinajstić information content (AvgIpc) is 2.47. The van der Waals surface area contributed by atoms with Crippen LogP contribution in [0.5, 0.6) is 0 Å². The zero-order valence-corrected chi connectivity index (χ0v) is 12.7. The summed E-state index contributed by atoms with van der Waals surface area (Å²) in [6.07, 6.45) is 0.725. The molecule has 0 radical (unpaired) electrons. The van der Waals surface area contributed by atoms with Crippen LogP contribution >= 0.6 is 0 Å². The lowest BCUT2D eigenvalue weighted by molar-refractivity contribution is -0.124. The molecule has 1 N–H and O–H groups in total. The Morgan fingerprint density at radius 2 is 1.95 bits per heavy atom. The van der Waals surface area contributed by atoms with Gasteiger partial charge in [-0.1, -0.05) is 38.1 Å². The van der Waals surface area contributed by atoms with E-state index in [4.69, 9.17) is 0 Å². The molecule has 0 saturated heterocycles. The summed E-state index contributed by atoms with van der Waals surface area (Å²) in [5.74, 6) is 0.222. The summed E-state index contributed by atoms with van der Waals surface area (Å²) in [6.45, 7) is 4.84. The molecular formula is C16H21N3O2. The summed E-state index contributed by atoms with van der Waals surface area (Å²) >= 11 is 0. The zero-order valence-electron chi connectivity index (χ0n) is 12.7. The molecule has 1 heterocycles. The van der Waals surface area contributed by atoms with Crippen LogP contribution in [0.25, 0.3) is 0 Å². The third-order valence-electron chi connectivity index (χ3n) is 3.56. The third kappa shape index (κ3) is 3.90. The molecule has 0 atom stereocenters. The summed E-state index contributed by atoms with van der Waals surface area (Å²) in [4.78, 5) is 24.9. The fraction of sp³-hybridized carbons (Fsp3) is 0.438. The summed E-state index contributed by atoms with van der Waals surface area (Å²) in [5, 5.41) is 3.84. The molecule has 1 aliphatic heterocycles. The number of hydrazone groups is 1. The summed E-state index contributed by atoms with van der Waals surface area (Å²) in [6, 6.07) is 8.28. The summed E-state index contributed by atoms with van der Waals surface area (Å²) < 4.78 is 0. The van der Waals surface area contributed by atoms with E-state index in [0.29, 0.717) is 31.0 Å². The first-order valence-corrected chi connectivity index (χ1v) is 7.17. The van der Waals surface area contributed by atoms with Gasteiger partial charge in [0, 0.05) is 26.4 Å². The number of amides is 2. The van der Waals surface area contributed by atoms with Crippen LogP contribution in [-0.4, -0.2) is 29.5 Å². The normalized spacial score (nSPS) is 14.7. The largest absolute Gasteiger partial charge is 0.336 e. The first kappa shape index (κ1) is 15.2. The Morgan fingerprint density at radius 1 is 1.29 bits per heavy atom. The van der Waals surface area contributed by atoms with Gasteiger partial charge in [-0.05, 0) is 17.0 Å². The highest BCUT2D eigenvalue weighted by molar-refractivity contribution is 6.39. The number of hydrogen-bond donors (Lipinski definition) is 1. The van der Waals surface area contributed by atoms with Crippen LogP contribution in [0.2, 0.25) is 0 Å². The Balaban J connectivity index is 1.99. The van der Waals surface area contributed by atoms with E-state index in [1.807, 2.05) is 12.1 Å². The van der Waals surface area contributed by atoms with E-state index in [0.717, 1.165) is 5.56 Å². The molecule has 2 amide bonds. The number of rotatable bonds is 4. The van der Waals surface area contributed by atoms with E-state index in [1.54, 1.807) is 11.9 Å². The molecule has 0 fully saturated rings. The molecule has 0 aliphatic carbocycles. The molecule has 1 aromatic rings. The van der Waals surface area contributed by atoms with Crippen LogP contribution in [-0.2, 0) is 16.1 Å². The van der Waals surface area contributed by atoms with Gasteiger partial charge in [0.1, 0.15) is 5.71 Å². The number of carbonyl (C=O) groups is 2. The summed E-state index contributed by atoms with van der Waals surface area (Å²) in [5.41, 5.74) is 5.13. The van der Waals surface area contributed by atoms with Crippen LogP contribution in [0.4, 0.5) is 0 Å². The van der Waals surface area contributed by atoms with Crippen molar-refractivity contribution < 1.29 is 9.59 Å². The van der Waals surface area contributed by atoms with Crippen molar-refractivity contribution in [2.24, 2.45) is 5.10 Å². The topological polar surface area (TPSA) is 61.8 Å². The quantitative estimate of drug-likeness (QED) is 0.921. The Morgan fingerprint density at radius 3 is 2.48 bits per heavy atom. The van der Waals surface area contributed by atoms with E-state index in [9.17, 15) is 9.59 Å². The monoisotopic (exact) mass is 287 g/mol. The summed E-state index contributed by atoms with van der Waals surface area (Å²) in [7, 11) is 1.75. The fourth-order valence-corrected chi connectivity index (χ4v) is 2.20. The second kappa shape index (κ2) is 6.52. The lowest BCUT2D eigenvalue weighted by atomic mass is 10.0. The van der Waals surface area contributed by atoms with Gasteiger partial charge in [-0.3, -0.25) is 9.59 Å². The predicted octanol–water partition coefficient (Wildman–Crippen LogP) is 2.03. The van der Waals surface area contributed by atoms with Gasteiger partial charge in [-0.2, -0.15) is 5.10 Å². The van der Waals surface area contributed by atoms with Gasteiger partial charge < -0.3 is 4.90 Å². The first-order valence-electron chi connectivity index (χ1n) is 7.17. The number of benzene rings is 1. The molecule has 2 rings (SSSR count). The van der Waals surface area contributed by atoms with Gasteiger partial charge in [0.25, 0.3) is 5.91 Å². The number of nitrogens with zero attached hydrogens (tertiary/aromatic N) is 2. The van der Waals surface area contributed by atoms with E-state index in [1.165, 1.54) is 5.56 Å². The van der Waals surface area contributed by atoms with Crippen LogP contribution in [0.3, 0.4) is 0 Å². The predicted molar refractivity (Wildman–Crippen MR) is 81.8 cm³/mol. The Labute approximate surface area is 125 Å². The van der Waals surface area contributed by atoms with Crippen molar-refractivity contribution in [3.63, 3.8) is 0 Å². The molecule has 112 valence electrons. The van der Waals surface area contributed by atoms with Gasteiger partial charge in [-0.25, -0.2) is 5.43 Å². The Bertz CT molecular complexity index is 561. The highest BCUT2D eigenvalue weighted by Gasteiger charge is 2.21. The van der Waals surface area contributed by atoms with Gasteiger partial charge >= 0.3 is 0 Å². The number of nitrogens with one attached hydrogen (secondary N) is 1. The maximum atomic E-state index is 12.2. The standard InChI is InChI=1S/C16H21N3O2/c1-11(2)13-6-4-12(5-7-13)10-19(3)16(21)14-8-9-15(20)18-17-14/h4-7,11H,8-10H2,1-3H3,(H,18,20).